The topological polar surface area (TPSA) is 55.2 Å². The lowest BCUT2D eigenvalue weighted by Crippen LogP contribution is -2.31. The van der Waals surface area contributed by atoms with Gasteiger partial charge in [0.25, 0.3) is 5.69 Å². The Morgan fingerprint density at radius 2 is 2.11 bits per heavy atom. The van der Waals surface area contributed by atoms with Crippen LogP contribution in [0.25, 0.3) is 0 Å². The molecule has 0 radical (unpaired) electrons. The molecule has 0 bridgehead atoms. The van der Waals surface area contributed by atoms with Crippen molar-refractivity contribution in [3.05, 3.63) is 33.9 Å². The first-order chi connectivity index (χ1) is 8.81. The summed E-state index contributed by atoms with van der Waals surface area (Å²) < 4.78 is 26.8. The zero-order valence-electron chi connectivity index (χ0n) is 10.9. The van der Waals surface area contributed by atoms with Crippen molar-refractivity contribution in [2.75, 3.05) is 5.32 Å². The lowest BCUT2D eigenvalue weighted by Gasteiger charge is -2.28. The van der Waals surface area contributed by atoms with Crippen molar-refractivity contribution in [2.45, 2.75) is 39.2 Å². The minimum Gasteiger partial charge on any atom is -0.374 e. The molecule has 4 nitrogen and oxygen atoms in total. The second-order valence-electron chi connectivity index (χ2n) is 5.62. The van der Waals surface area contributed by atoms with Gasteiger partial charge in [0.05, 0.1) is 11.0 Å². The third kappa shape index (κ3) is 2.67. The number of nitrogens with zero attached hydrogens (tertiary/aromatic N) is 1. The van der Waals surface area contributed by atoms with Gasteiger partial charge in [0.2, 0.25) is 0 Å². The van der Waals surface area contributed by atoms with Crippen molar-refractivity contribution in [1.82, 2.24) is 0 Å². The maximum Gasteiger partial charge on any atom is 0.298 e. The van der Waals surface area contributed by atoms with E-state index >= 15 is 0 Å². The molecule has 1 fully saturated rings. The third-order valence-corrected chi connectivity index (χ3v) is 3.81. The summed E-state index contributed by atoms with van der Waals surface area (Å²) in [6.45, 7) is 4.07. The summed E-state index contributed by atoms with van der Waals surface area (Å²) in [5, 5.41) is 13.8. The standard InChI is InChI=1S/C13H16F2N2O2/c1-13(2)5-3-4-11(13)16-12-9(15)6-8(14)7-10(12)17(18)19/h6-7,11,16H,3-5H2,1-2H3. The summed E-state index contributed by atoms with van der Waals surface area (Å²) in [5.41, 5.74) is -0.833. The van der Waals surface area contributed by atoms with Crippen LogP contribution in [-0.2, 0) is 0 Å². The monoisotopic (exact) mass is 270 g/mol. The molecule has 1 aromatic rings. The van der Waals surface area contributed by atoms with Crippen molar-refractivity contribution in [1.29, 1.82) is 0 Å². The van der Waals surface area contributed by atoms with Crippen LogP contribution in [0.3, 0.4) is 0 Å². The number of halogens is 2. The molecular formula is C13H16F2N2O2. The van der Waals surface area contributed by atoms with E-state index in [1.807, 2.05) is 13.8 Å². The zero-order chi connectivity index (χ0) is 14.2. The SMILES string of the molecule is CC1(C)CCCC1Nc1c(F)cc(F)cc1[N+](=O)[O-]. The first-order valence-corrected chi connectivity index (χ1v) is 6.21. The number of nitro benzene ring substituents is 1. The Balaban J connectivity index is 2.37. The van der Waals surface area contributed by atoms with Crippen LogP contribution in [0, 0.1) is 27.2 Å². The molecule has 1 atom stereocenters. The second-order valence-corrected chi connectivity index (χ2v) is 5.62. The van der Waals surface area contributed by atoms with E-state index in [1.165, 1.54) is 0 Å². The Kier molecular flexibility index (Phi) is 3.43. The summed E-state index contributed by atoms with van der Waals surface area (Å²) in [4.78, 5) is 10.1. The molecule has 6 heteroatoms. The van der Waals surface area contributed by atoms with Gasteiger partial charge in [-0.15, -0.1) is 0 Å². The third-order valence-electron chi connectivity index (χ3n) is 3.81. The van der Waals surface area contributed by atoms with Crippen molar-refractivity contribution in [3.63, 3.8) is 0 Å². The average molecular weight is 270 g/mol. The van der Waals surface area contributed by atoms with E-state index in [0.29, 0.717) is 6.07 Å². The molecule has 1 aliphatic rings. The second kappa shape index (κ2) is 4.75. The lowest BCUT2D eigenvalue weighted by atomic mass is 9.87. The highest BCUT2D eigenvalue weighted by molar-refractivity contribution is 5.63. The van der Waals surface area contributed by atoms with Crippen LogP contribution in [0.15, 0.2) is 12.1 Å². The highest BCUT2D eigenvalue weighted by Gasteiger charge is 2.36. The number of anilines is 1. The maximum absolute atomic E-state index is 13.8. The molecule has 0 heterocycles. The molecule has 0 amide bonds. The largest absolute Gasteiger partial charge is 0.374 e. The van der Waals surface area contributed by atoms with Crippen LogP contribution in [-0.4, -0.2) is 11.0 Å². The number of nitrogens with one attached hydrogen (secondary N) is 1. The summed E-state index contributed by atoms with van der Waals surface area (Å²) in [5.74, 6) is -1.87. The van der Waals surface area contributed by atoms with Gasteiger partial charge in [0.15, 0.2) is 5.82 Å². The van der Waals surface area contributed by atoms with Crippen molar-refractivity contribution in [2.24, 2.45) is 5.41 Å². The van der Waals surface area contributed by atoms with Gasteiger partial charge in [0.1, 0.15) is 11.5 Å². The molecule has 104 valence electrons. The molecule has 1 unspecified atom stereocenters. The average Bonchev–Trinajstić information content (AvgIpc) is 2.61. The Morgan fingerprint density at radius 1 is 1.42 bits per heavy atom. The summed E-state index contributed by atoms with van der Waals surface area (Å²) in [6, 6.07) is 1.36. The minimum atomic E-state index is -0.944. The number of rotatable bonds is 3. The van der Waals surface area contributed by atoms with Gasteiger partial charge in [0, 0.05) is 12.1 Å². The zero-order valence-corrected chi connectivity index (χ0v) is 10.9. The molecule has 0 aliphatic heterocycles. The number of hydrogen-bond acceptors (Lipinski definition) is 3. The highest BCUT2D eigenvalue weighted by Crippen LogP contribution is 2.41. The Morgan fingerprint density at radius 3 is 2.63 bits per heavy atom. The molecule has 0 aromatic heterocycles. The Hall–Kier alpha value is -1.72. The molecule has 2 rings (SSSR count). The summed E-state index contributed by atoms with van der Waals surface area (Å²) in [7, 11) is 0. The van der Waals surface area contributed by atoms with Crippen molar-refractivity contribution in [3.8, 4) is 0 Å². The first-order valence-electron chi connectivity index (χ1n) is 6.21. The molecule has 0 spiro atoms. The smallest absolute Gasteiger partial charge is 0.298 e. The van der Waals surface area contributed by atoms with E-state index < -0.39 is 22.2 Å². The number of benzene rings is 1. The van der Waals surface area contributed by atoms with E-state index in [-0.39, 0.29) is 17.1 Å². The van der Waals surface area contributed by atoms with Crippen LogP contribution in [0.4, 0.5) is 20.2 Å². The van der Waals surface area contributed by atoms with Gasteiger partial charge in [-0.05, 0) is 18.3 Å². The van der Waals surface area contributed by atoms with Gasteiger partial charge in [-0.2, -0.15) is 0 Å². The molecule has 19 heavy (non-hydrogen) atoms. The first kappa shape index (κ1) is 13.7. The molecule has 1 aliphatic carbocycles. The van der Waals surface area contributed by atoms with E-state index in [1.54, 1.807) is 0 Å². The lowest BCUT2D eigenvalue weighted by molar-refractivity contribution is -0.384. The van der Waals surface area contributed by atoms with Crippen LogP contribution < -0.4 is 5.32 Å². The van der Waals surface area contributed by atoms with E-state index in [4.69, 9.17) is 0 Å². The van der Waals surface area contributed by atoms with Gasteiger partial charge in [-0.3, -0.25) is 10.1 Å². The Bertz CT molecular complexity index is 518. The molecule has 1 saturated carbocycles. The van der Waals surface area contributed by atoms with Crippen molar-refractivity contribution < 1.29 is 13.7 Å². The molecular weight excluding hydrogens is 254 g/mol. The summed E-state index contributed by atoms with van der Waals surface area (Å²) in [6.07, 6.45) is 2.78. The van der Waals surface area contributed by atoms with E-state index in [2.05, 4.69) is 5.32 Å². The molecule has 1 aromatic carbocycles. The normalized spacial score (nSPS) is 21.4. The van der Waals surface area contributed by atoms with E-state index in [0.717, 1.165) is 25.3 Å². The molecule has 1 N–H and O–H groups in total. The van der Waals surface area contributed by atoms with Gasteiger partial charge in [-0.1, -0.05) is 20.3 Å². The quantitative estimate of drug-likeness (QED) is 0.670. The summed E-state index contributed by atoms with van der Waals surface area (Å²) >= 11 is 0. The Labute approximate surface area is 110 Å². The van der Waals surface area contributed by atoms with Gasteiger partial charge in [-0.25, -0.2) is 8.78 Å². The van der Waals surface area contributed by atoms with Gasteiger partial charge >= 0.3 is 0 Å². The van der Waals surface area contributed by atoms with Crippen LogP contribution in [0.1, 0.15) is 33.1 Å². The van der Waals surface area contributed by atoms with Crippen LogP contribution >= 0.6 is 0 Å². The maximum atomic E-state index is 13.8. The fourth-order valence-corrected chi connectivity index (χ4v) is 2.62. The van der Waals surface area contributed by atoms with Crippen LogP contribution in [0.2, 0.25) is 0 Å². The highest BCUT2D eigenvalue weighted by atomic mass is 19.1. The fourth-order valence-electron chi connectivity index (χ4n) is 2.62. The predicted octanol–water partition coefficient (Wildman–Crippen LogP) is 3.86. The number of hydrogen-bond donors (Lipinski definition) is 1. The fraction of sp³-hybridized carbons (Fsp3) is 0.538. The molecule has 0 saturated heterocycles. The predicted molar refractivity (Wildman–Crippen MR) is 68.1 cm³/mol. The van der Waals surface area contributed by atoms with Crippen molar-refractivity contribution >= 4 is 11.4 Å². The number of nitro groups is 1. The van der Waals surface area contributed by atoms with E-state index in [9.17, 15) is 18.9 Å². The van der Waals surface area contributed by atoms with Gasteiger partial charge < -0.3 is 5.32 Å². The minimum absolute atomic E-state index is 0.0499. The van der Waals surface area contributed by atoms with Crippen LogP contribution in [0.5, 0.6) is 0 Å².